The van der Waals surface area contributed by atoms with Crippen LogP contribution in [0.25, 0.3) is 0 Å². The predicted molar refractivity (Wildman–Crippen MR) is 114 cm³/mol. The number of nitrogens with one attached hydrogen (secondary N) is 1. The van der Waals surface area contributed by atoms with Gasteiger partial charge in [-0.15, -0.1) is 0 Å². The summed E-state index contributed by atoms with van der Waals surface area (Å²) in [6.45, 7) is 6.40. The Balaban J connectivity index is 1.44. The van der Waals surface area contributed by atoms with Gasteiger partial charge in [0.15, 0.2) is 0 Å². The molecule has 2 aliphatic rings. The summed E-state index contributed by atoms with van der Waals surface area (Å²) in [5, 5.41) is 2.84. The number of piperidine rings is 1. The number of benzene rings is 1. The highest BCUT2D eigenvalue weighted by atomic mass is 19.4. The number of alkyl halides is 3. The van der Waals surface area contributed by atoms with E-state index in [1.807, 2.05) is 6.07 Å². The largest absolute Gasteiger partial charge is 0.496 e. The van der Waals surface area contributed by atoms with Crippen LogP contribution in [0, 0.1) is 20.8 Å². The second-order valence-electron chi connectivity index (χ2n) is 8.97. The van der Waals surface area contributed by atoms with Crippen molar-refractivity contribution in [2.24, 2.45) is 0 Å². The number of rotatable bonds is 5. The van der Waals surface area contributed by atoms with Crippen LogP contribution in [-0.2, 0) is 12.7 Å². The zero-order valence-corrected chi connectivity index (χ0v) is 18.8. The number of ether oxygens (including phenoxy) is 1. The molecular formula is C24H29F3N2O3. The molecule has 3 heterocycles. The summed E-state index contributed by atoms with van der Waals surface area (Å²) in [7, 11) is 1.67. The second kappa shape index (κ2) is 8.46. The maximum Gasteiger partial charge on any atom is 0.450 e. The number of furan rings is 1. The van der Waals surface area contributed by atoms with Crippen LogP contribution in [0.2, 0.25) is 0 Å². The zero-order chi connectivity index (χ0) is 23.2. The van der Waals surface area contributed by atoms with Gasteiger partial charge in [0.2, 0.25) is 5.76 Å². The minimum Gasteiger partial charge on any atom is -0.496 e. The van der Waals surface area contributed by atoms with Crippen molar-refractivity contribution >= 4 is 5.91 Å². The molecule has 32 heavy (non-hydrogen) atoms. The average molecular weight is 451 g/mol. The maximum absolute atomic E-state index is 13.2. The average Bonchev–Trinajstić information content (AvgIpc) is 3.22. The Morgan fingerprint density at radius 1 is 1.16 bits per heavy atom. The summed E-state index contributed by atoms with van der Waals surface area (Å²) < 4.78 is 49.8. The molecule has 0 spiro atoms. The van der Waals surface area contributed by atoms with Gasteiger partial charge < -0.3 is 14.5 Å². The van der Waals surface area contributed by atoms with Crippen molar-refractivity contribution in [2.45, 2.75) is 77.3 Å². The number of amides is 1. The third kappa shape index (κ3) is 4.25. The van der Waals surface area contributed by atoms with E-state index in [1.54, 1.807) is 7.11 Å². The van der Waals surface area contributed by atoms with Gasteiger partial charge in [-0.1, -0.05) is 6.07 Å². The first-order chi connectivity index (χ1) is 15.1. The monoisotopic (exact) mass is 450 g/mol. The summed E-state index contributed by atoms with van der Waals surface area (Å²) in [6.07, 6.45) is -1.17. The normalized spacial score (nSPS) is 23.4. The van der Waals surface area contributed by atoms with Gasteiger partial charge in [0, 0.05) is 24.7 Å². The molecule has 2 aromatic rings. The Kier molecular flexibility index (Phi) is 6.00. The number of carbonyl (C=O) groups excluding carboxylic acids is 1. The van der Waals surface area contributed by atoms with Gasteiger partial charge in [-0.05, 0) is 75.3 Å². The number of carbonyl (C=O) groups is 1. The smallest absolute Gasteiger partial charge is 0.450 e. The predicted octanol–water partition coefficient (Wildman–Crippen LogP) is 5.16. The number of aryl methyl sites for hydroxylation is 1. The van der Waals surface area contributed by atoms with Crippen molar-refractivity contribution < 1.29 is 27.1 Å². The molecule has 1 amide bonds. The Labute approximate surface area is 185 Å². The molecule has 4 rings (SSSR count). The lowest BCUT2D eigenvalue weighted by Gasteiger charge is -2.39. The van der Waals surface area contributed by atoms with E-state index in [1.165, 1.54) is 18.1 Å². The van der Waals surface area contributed by atoms with Crippen LogP contribution >= 0.6 is 0 Å². The third-order valence-electron chi connectivity index (χ3n) is 7.00. The highest BCUT2D eigenvalue weighted by Gasteiger charge is 2.43. The molecule has 8 heteroatoms. The summed E-state index contributed by atoms with van der Waals surface area (Å²) in [6, 6.07) is 5.72. The highest BCUT2D eigenvalue weighted by molar-refractivity contribution is 5.95. The number of hydrogen-bond donors (Lipinski definition) is 1. The van der Waals surface area contributed by atoms with Gasteiger partial charge in [-0.25, -0.2) is 0 Å². The standard InChI is InChI=1S/C24H29F3N2O3/c1-13-9-20(22(32-13)24(25,26)27)23(30)28-17-10-18-6-7-19(11-17)29(18)12-16-5-8-21(31-4)15(3)14(16)2/h5,8-9,17-19H,6-7,10-12H2,1-4H3,(H,28,30)/t17?,18-,19?/m1/s1. The summed E-state index contributed by atoms with van der Waals surface area (Å²) in [5.74, 6) is -0.988. The van der Waals surface area contributed by atoms with Gasteiger partial charge >= 0.3 is 6.18 Å². The van der Waals surface area contributed by atoms with E-state index in [9.17, 15) is 18.0 Å². The molecule has 2 bridgehead atoms. The molecule has 2 saturated heterocycles. The number of fused-ring (bicyclic) bond motifs is 2. The van der Waals surface area contributed by atoms with Gasteiger partial charge in [-0.3, -0.25) is 9.69 Å². The maximum atomic E-state index is 13.2. The molecule has 1 aromatic carbocycles. The molecule has 2 fully saturated rings. The van der Waals surface area contributed by atoms with Gasteiger partial charge in [0.25, 0.3) is 5.91 Å². The van der Waals surface area contributed by atoms with E-state index in [0.29, 0.717) is 12.1 Å². The summed E-state index contributed by atoms with van der Waals surface area (Å²) in [5.41, 5.74) is 3.17. The minimum absolute atomic E-state index is 0.0718. The lowest BCUT2D eigenvalue weighted by Crippen LogP contribution is -2.50. The number of nitrogens with zero attached hydrogens (tertiary/aromatic N) is 1. The Morgan fingerprint density at radius 3 is 2.41 bits per heavy atom. The first-order valence-electron chi connectivity index (χ1n) is 11.0. The molecular weight excluding hydrogens is 421 g/mol. The number of hydrogen-bond acceptors (Lipinski definition) is 4. The fraction of sp³-hybridized carbons (Fsp3) is 0.542. The topological polar surface area (TPSA) is 54.7 Å². The van der Waals surface area contributed by atoms with Crippen molar-refractivity contribution in [3.8, 4) is 5.75 Å². The van der Waals surface area contributed by atoms with E-state index in [2.05, 4.69) is 30.1 Å². The van der Waals surface area contributed by atoms with E-state index in [-0.39, 0.29) is 11.8 Å². The van der Waals surface area contributed by atoms with Crippen molar-refractivity contribution in [1.29, 1.82) is 0 Å². The van der Waals surface area contributed by atoms with Crippen LogP contribution in [0.15, 0.2) is 22.6 Å². The van der Waals surface area contributed by atoms with E-state index in [0.717, 1.165) is 49.6 Å². The molecule has 174 valence electrons. The summed E-state index contributed by atoms with van der Waals surface area (Å²) >= 11 is 0. The lowest BCUT2D eigenvalue weighted by molar-refractivity contribution is -0.153. The van der Waals surface area contributed by atoms with Crippen molar-refractivity contribution in [1.82, 2.24) is 10.2 Å². The molecule has 0 aliphatic carbocycles. The molecule has 0 radical (unpaired) electrons. The van der Waals surface area contributed by atoms with Crippen LogP contribution in [0.5, 0.6) is 5.75 Å². The van der Waals surface area contributed by atoms with Crippen LogP contribution < -0.4 is 10.1 Å². The molecule has 5 nitrogen and oxygen atoms in total. The summed E-state index contributed by atoms with van der Waals surface area (Å²) in [4.78, 5) is 15.1. The minimum atomic E-state index is -4.70. The fourth-order valence-corrected chi connectivity index (χ4v) is 5.25. The molecule has 0 saturated carbocycles. The SMILES string of the molecule is COc1ccc(CN2C3CC[C@@H]2CC(NC(=O)c2cc(C)oc2C(F)(F)F)C3)c(C)c1C. The molecule has 1 aromatic heterocycles. The fourth-order valence-electron chi connectivity index (χ4n) is 5.25. The van der Waals surface area contributed by atoms with Crippen LogP contribution in [0.1, 0.15) is 64.3 Å². The molecule has 2 aliphatic heterocycles. The highest BCUT2D eigenvalue weighted by Crippen LogP contribution is 2.39. The van der Waals surface area contributed by atoms with Gasteiger partial charge in [0.1, 0.15) is 11.5 Å². The van der Waals surface area contributed by atoms with Crippen molar-refractivity contribution in [3.05, 3.63) is 52.0 Å². The first-order valence-corrected chi connectivity index (χ1v) is 11.0. The van der Waals surface area contributed by atoms with Crippen LogP contribution in [0.4, 0.5) is 13.2 Å². The third-order valence-corrected chi connectivity index (χ3v) is 7.00. The van der Waals surface area contributed by atoms with Gasteiger partial charge in [0.05, 0.1) is 12.7 Å². The Bertz CT molecular complexity index is 1000. The van der Waals surface area contributed by atoms with Crippen LogP contribution in [-0.4, -0.2) is 36.0 Å². The van der Waals surface area contributed by atoms with E-state index >= 15 is 0 Å². The number of methoxy groups -OCH3 is 1. The second-order valence-corrected chi connectivity index (χ2v) is 8.97. The lowest BCUT2D eigenvalue weighted by atomic mass is 9.94. The number of halogens is 3. The zero-order valence-electron chi connectivity index (χ0n) is 18.8. The molecule has 1 N–H and O–H groups in total. The van der Waals surface area contributed by atoms with E-state index in [4.69, 9.17) is 9.15 Å². The van der Waals surface area contributed by atoms with Crippen LogP contribution in [0.3, 0.4) is 0 Å². The molecule has 3 atom stereocenters. The van der Waals surface area contributed by atoms with Crippen molar-refractivity contribution in [3.63, 3.8) is 0 Å². The Morgan fingerprint density at radius 2 is 1.81 bits per heavy atom. The first kappa shape index (κ1) is 22.7. The van der Waals surface area contributed by atoms with Gasteiger partial charge in [-0.2, -0.15) is 13.2 Å². The van der Waals surface area contributed by atoms with Crippen molar-refractivity contribution in [2.75, 3.05) is 7.11 Å². The van der Waals surface area contributed by atoms with E-state index < -0.39 is 23.4 Å². The Hall–Kier alpha value is -2.48. The molecule has 2 unspecified atom stereocenters. The quantitative estimate of drug-likeness (QED) is 0.684.